The van der Waals surface area contributed by atoms with Gasteiger partial charge in [0.15, 0.2) is 5.17 Å². The van der Waals surface area contributed by atoms with Gasteiger partial charge in [0.05, 0.1) is 6.54 Å². The Bertz CT molecular complexity index is 849. The van der Waals surface area contributed by atoms with Crippen LogP contribution >= 0.6 is 35.0 Å². The molecule has 4 nitrogen and oxygen atoms in total. The van der Waals surface area contributed by atoms with Crippen molar-refractivity contribution in [2.75, 3.05) is 19.4 Å². The largest absolute Gasteiger partial charge is 0.492 e. The van der Waals surface area contributed by atoms with Crippen LogP contribution in [0.15, 0.2) is 59.2 Å². The molecule has 0 unspecified atom stereocenters. The van der Waals surface area contributed by atoms with Crippen LogP contribution in [-0.4, -0.2) is 35.4 Å². The van der Waals surface area contributed by atoms with Crippen molar-refractivity contribution in [2.24, 2.45) is 4.99 Å². The van der Waals surface area contributed by atoms with Crippen molar-refractivity contribution in [1.29, 1.82) is 0 Å². The standard InChI is InChI=1S/C19H16Cl2N2O2S/c1-26-19-22-17(12-13-2-4-14(20)5-3-13)18(24)23(19)10-11-25-16-8-6-15(21)7-9-16/h2-9,12H,10-11H2,1H3. The molecule has 0 atom stereocenters. The number of thioether (sulfide) groups is 1. The van der Waals surface area contributed by atoms with E-state index in [1.54, 1.807) is 47.4 Å². The van der Waals surface area contributed by atoms with Crippen LogP contribution in [0.2, 0.25) is 10.0 Å². The van der Waals surface area contributed by atoms with E-state index in [9.17, 15) is 4.79 Å². The van der Waals surface area contributed by atoms with Crippen LogP contribution < -0.4 is 4.74 Å². The first kappa shape index (κ1) is 18.8. The number of benzene rings is 2. The zero-order valence-corrected chi connectivity index (χ0v) is 16.3. The second-order valence-corrected chi connectivity index (χ2v) is 7.09. The average Bonchev–Trinajstić information content (AvgIpc) is 2.94. The average molecular weight is 407 g/mol. The quantitative estimate of drug-likeness (QED) is 0.657. The first-order valence-electron chi connectivity index (χ1n) is 7.87. The van der Waals surface area contributed by atoms with Crippen LogP contribution in [0.5, 0.6) is 5.75 Å². The number of halogens is 2. The van der Waals surface area contributed by atoms with Gasteiger partial charge in [-0.25, -0.2) is 4.99 Å². The smallest absolute Gasteiger partial charge is 0.278 e. The Balaban J connectivity index is 1.66. The second-order valence-electron chi connectivity index (χ2n) is 5.44. The highest BCUT2D eigenvalue weighted by Crippen LogP contribution is 2.23. The van der Waals surface area contributed by atoms with Crippen molar-refractivity contribution in [3.63, 3.8) is 0 Å². The van der Waals surface area contributed by atoms with Crippen molar-refractivity contribution in [3.05, 3.63) is 69.8 Å². The molecule has 0 spiro atoms. The molecule has 0 saturated heterocycles. The lowest BCUT2D eigenvalue weighted by molar-refractivity contribution is -0.122. The van der Waals surface area contributed by atoms with Gasteiger partial charge in [-0.05, 0) is 54.3 Å². The fraction of sp³-hybridized carbons (Fsp3) is 0.158. The number of hydrogen-bond acceptors (Lipinski definition) is 4. The molecule has 1 heterocycles. The van der Waals surface area contributed by atoms with E-state index in [-0.39, 0.29) is 5.91 Å². The molecule has 1 amide bonds. The van der Waals surface area contributed by atoms with Crippen LogP contribution in [0.1, 0.15) is 5.56 Å². The predicted octanol–water partition coefficient (Wildman–Crippen LogP) is 4.97. The van der Waals surface area contributed by atoms with E-state index >= 15 is 0 Å². The lowest BCUT2D eigenvalue weighted by Crippen LogP contribution is -2.34. The van der Waals surface area contributed by atoms with Gasteiger partial charge in [0.25, 0.3) is 5.91 Å². The summed E-state index contributed by atoms with van der Waals surface area (Å²) < 4.78 is 5.68. The zero-order valence-electron chi connectivity index (χ0n) is 14.0. The minimum absolute atomic E-state index is 0.135. The van der Waals surface area contributed by atoms with Gasteiger partial charge in [-0.3, -0.25) is 9.69 Å². The van der Waals surface area contributed by atoms with Gasteiger partial charge in [-0.15, -0.1) is 0 Å². The number of amidine groups is 1. The fourth-order valence-electron chi connectivity index (χ4n) is 2.39. The summed E-state index contributed by atoms with van der Waals surface area (Å²) in [6.45, 7) is 0.778. The van der Waals surface area contributed by atoms with E-state index in [0.717, 1.165) is 5.56 Å². The van der Waals surface area contributed by atoms with Crippen LogP contribution in [-0.2, 0) is 4.79 Å². The lowest BCUT2D eigenvalue weighted by Gasteiger charge is -2.17. The number of rotatable bonds is 5. The minimum Gasteiger partial charge on any atom is -0.492 e. The highest BCUT2D eigenvalue weighted by molar-refractivity contribution is 8.13. The normalized spacial score (nSPS) is 15.5. The van der Waals surface area contributed by atoms with Gasteiger partial charge in [-0.2, -0.15) is 0 Å². The molecule has 2 aromatic carbocycles. The number of hydrogen-bond donors (Lipinski definition) is 0. The maximum atomic E-state index is 12.7. The molecule has 134 valence electrons. The molecule has 1 aliphatic heterocycles. The molecule has 1 aliphatic rings. The van der Waals surface area contributed by atoms with Gasteiger partial charge < -0.3 is 4.74 Å². The van der Waals surface area contributed by atoms with E-state index in [2.05, 4.69) is 4.99 Å². The molecule has 0 bridgehead atoms. The third-order valence-electron chi connectivity index (χ3n) is 3.66. The molecule has 0 saturated carbocycles. The molecule has 0 N–H and O–H groups in total. The third kappa shape index (κ3) is 4.61. The van der Waals surface area contributed by atoms with E-state index in [4.69, 9.17) is 27.9 Å². The molecule has 7 heteroatoms. The summed E-state index contributed by atoms with van der Waals surface area (Å²) in [5, 5.41) is 1.97. The molecule has 3 rings (SSSR count). The summed E-state index contributed by atoms with van der Waals surface area (Å²) in [5.41, 5.74) is 1.28. The van der Waals surface area contributed by atoms with Gasteiger partial charge in [0.2, 0.25) is 0 Å². The number of carbonyl (C=O) groups is 1. The number of amides is 1. The summed E-state index contributed by atoms with van der Waals surface area (Å²) in [5.74, 6) is 0.574. The SMILES string of the molecule is CSC1=NC(=Cc2ccc(Cl)cc2)C(=O)N1CCOc1ccc(Cl)cc1. The van der Waals surface area contributed by atoms with Crippen molar-refractivity contribution >= 4 is 52.1 Å². The Labute approximate surface area is 166 Å². The van der Waals surface area contributed by atoms with Gasteiger partial charge >= 0.3 is 0 Å². The van der Waals surface area contributed by atoms with Crippen LogP contribution in [0.3, 0.4) is 0 Å². The summed E-state index contributed by atoms with van der Waals surface area (Å²) in [4.78, 5) is 18.7. The summed E-state index contributed by atoms with van der Waals surface area (Å²) in [6, 6.07) is 14.4. The Morgan fingerprint density at radius 2 is 1.69 bits per heavy atom. The second kappa shape index (κ2) is 8.62. The van der Waals surface area contributed by atoms with Crippen LogP contribution in [0, 0.1) is 0 Å². The fourth-order valence-corrected chi connectivity index (χ4v) is 3.22. The van der Waals surface area contributed by atoms with E-state index < -0.39 is 0 Å². The Kier molecular flexibility index (Phi) is 6.25. The summed E-state index contributed by atoms with van der Waals surface area (Å²) in [7, 11) is 0. The topological polar surface area (TPSA) is 41.9 Å². The highest BCUT2D eigenvalue weighted by atomic mass is 35.5. The molecular weight excluding hydrogens is 391 g/mol. The van der Waals surface area contributed by atoms with Crippen LogP contribution in [0.25, 0.3) is 6.08 Å². The van der Waals surface area contributed by atoms with Crippen molar-refractivity contribution in [3.8, 4) is 5.75 Å². The van der Waals surface area contributed by atoms with Crippen molar-refractivity contribution in [2.45, 2.75) is 0 Å². The molecule has 0 fully saturated rings. The van der Waals surface area contributed by atoms with E-state index in [1.807, 2.05) is 18.4 Å². The van der Waals surface area contributed by atoms with Crippen LogP contribution in [0.4, 0.5) is 0 Å². The zero-order chi connectivity index (χ0) is 18.5. The summed E-state index contributed by atoms with van der Waals surface area (Å²) in [6.07, 6.45) is 3.65. The number of aliphatic imine (C=N–C) groups is 1. The first-order valence-corrected chi connectivity index (χ1v) is 9.85. The maximum absolute atomic E-state index is 12.7. The maximum Gasteiger partial charge on any atom is 0.278 e. The minimum atomic E-state index is -0.135. The Morgan fingerprint density at radius 1 is 1.08 bits per heavy atom. The first-order chi connectivity index (χ1) is 12.6. The Hall–Kier alpha value is -1.95. The third-order valence-corrected chi connectivity index (χ3v) is 4.85. The molecular formula is C19H16Cl2N2O2S. The van der Waals surface area contributed by atoms with E-state index in [0.29, 0.717) is 39.8 Å². The van der Waals surface area contributed by atoms with Gasteiger partial charge in [0, 0.05) is 10.0 Å². The molecule has 0 radical (unpaired) electrons. The molecule has 2 aromatic rings. The highest BCUT2D eigenvalue weighted by Gasteiger charge is 2.29. The molecule has 0 aromatic heterocycles. The van der Waals surface area contributed by atoms with Gasteiger partial charge in [0.1, 0.15) is 18.1 Å². The number of nitrogens with zero attached hydrogens (tertiary/aromatic N) is 2. The summed E-state index contributed by atoms with van der Waals surface area (Å²) >= 11 is 13.2. The van der Waals surface area contributed by atoms with Gasteiger partial charge in [-0.1, -0.05) is 47.1 Å². The van der Waals surface area contributed by atoms with Crippen molar-refractivity contribution in [1.82, 2.24) is 4.90 Å². The molecule has 0 aliphatic carbocycles. The van der Waals surface area contributed by atoms with Crippen molar-refractivity contribution < 1.29 is 9.53 Å². The predicted molar refractivity (Wildman–Crippen MR) is 109 cm³/mol. The number of ether oxygens (including phenoxy) is 1. The lowest BCUT2D eigenvalue weighted by atomic mass is 10.2. The number of carbonyl (C=O) groups excluding carboxylic acids is 1. The monoisotopic (exact) mass is 406 g/mol. The Morgan fingerprint density at radius 3 is 2.31 bits per heavy atom. The van der Waals surface area contributed by atoms with E-state index in [1.165, 1.54) is 11.8 Å². The molecule has 26 heavy (non-hydrogen) atoms.